The van der Waals surface area contributed by atoms with Crippen molar-refractivity contribution in [1.29, 1.82) is 0 Å². The van der Waals surface area contributed by atoms with Gasteiger partial charge in [0.05, 0.1) is 10.6 Å². The molecule has 0 bridgehead atoms. The highest BCUT2D eigenvalue weighted by atomic mass is 35.5. The fraction of sp³-hybridized carbons (Fsp3) is 0.571. The molecule has 1 aliphatic heterocycles. The molecular weight excluding hydrogens is 262 g/mol. The summed E-state index contributed by atoms with van der Waals surface area (Å²) in [7, 11) is 1.75. The Morgan fingerprint density at radius 2 is 2.05 bits per heavy atom. The fourth-order valence-electron chi connectivity index (χ4n) is 2.71. The number of hydrogen-bond acceptors (Lipinski definition) is 3. The lowest BCUT2D eigenvalue weighted by Gasteiger charge is -2.39. The van der Waals surface area contributed by atoms with Crippen LogP contribution in [0.1, 0.15) is 43.5 Å². The van der Waals surface area contributed by atoms with Crippen molar-refractivity contribution in [2.75, 3.05) is 12.4 Å². The maximum absolute atomic E-state index is 12.6. The second-order valence-electron chi connectivity index (χ2n) is 5.15. The molecule has 1 saturated heterocycles. The van der Waals surface area contributed by atoms with Crippen LogP contribution in [0.2, 0.25) is 5.02 Å². The van der Waals surface area contributed by atoms with E-state index in [4.69, 9.17) is 11.6 Å². The maximum Gasteiger partial charge on any atom is 0.255 e. The highest BCUT2D eigenvalue weighted by molar-refractivity contribution is 6.33. The molecule has 0 saturated carbocycles. The van der Waals surface area contributed by atoms with E-state index in [1.807, 2.05) is 4.90 Å². The summed E-state index contributed by atoms with van der Waals surface area (Å²) in [6, 6.07) is 2.24. The van der Waals surface area contributed by atoms with Gasteiger partial charge in [-0.15, -0.1) is 0 Å². The SMILES string of the molecule is CNc1ncc(C(=O)N2[C@H](C)CCC[C@@H]2C)cc1Cl. The minimum atomic E-state index is 0.0248. The lowest BCUT2D eigenvalue weighted by atomic mass is 9.96. The summed E-state index contributed by atoms with van der Waals surface area (Å²) in [5, 5.41) is 3.37. The molecule has 1 aromatic heterocycles. The summed E-state index contributed by atoms with van der Waals surface area (Å²) in [5.41, 5.74) is 0.560. The van der Waals surface area contributed by atoms with Crippen molar-refractivity contribution in [3.8, 4) is 0 Å². The Morgan fingerprint density at radius 1 is 1.42 bits per heavy atom. The third kappa shape index (κ3) is 2.84. The molecule has 104 valence electrons. The monoisotopic (exact) mass is 281 g/mol. The van der Waals surface area contributed by atoms with E-state index in [2.05, 4.69) is 24.1 Å². The smallest absolute Gasteiger partial charge is 0.255 e. The number of carbonyl (C=O) groups is 1. The standard InChI is InChI=1S/C14H20ClN3O/c1-9-5-4-6-10(2)18(9)14(19)11-7-12(15)13(16-3)17-8-11/h7-10H,4-6H2,1-3H3,(H,16,17)/t9-,10+. The van der Waals surface area contributed by atoms with Crippen LogP contribution in [0, 0.1) is 0 Å². The van der Waals surface area contributed by atoms with E-state index in [9.17, 15) is 4.79 Å². The van der Waals surface area contributed by atoms with E-state index >= 15 is 0 Å². The van der Waals surface area contributed by atoms with Crippen LogP contribution in [0.15, 0.2) is 12.3 Å². The lowest BCUT2D eigenvalue weighted by molar-refractivity contribution is 0.0510. The van der Waals surface area contributed by atoms with Crippen LogP contribution in [0.4, 0.5) is 5.82 Å². The minimum Gasteiger partial charge on any atom is -0.372 e. The van der Waals surface area contributed by atoms with Gasteiger partial charge in [-0.25, -0.2) is 4.98 Å². The van der Waals surface area contributed by atoms with E-state index in [1.54, 1.807) is 19.3 Å². The topological polar surface area (TPSA) is 45.2 Å². The predicted octanol–water partition coefficient (Wildman–Crippen LogP) is 3.18. The quantitative estimate of drug-likeness (QED) is 0.905. The first-order valence-electron chi connectivity index (χ1n) is 6.70. The molecule has 0 aliphatic carbocycles. The molecule has 1 aliphatic rings. The van der Waals surface area contributed by atoms with Gasteiger partial charge in [0.2, 0.25) is 0 Å². The number of amides is 1. The summed E-state index contributed by atoms with van der Waals surface area (Å²) in [4.78, 5) is 18.7. The zero-order chi connectivity index (χ0) is 14.0. The summed E-state index contributed by atoms with van der Waals surface area (Å²) < 4.78 is 0. The normalized spacial score (nSPS) is 23.3. The molecule has 0 spiro atoms. The van der Waals surface area contributed by atoms with Gasteiger partial charge in [0.25, 0.3) is 5.91 Å². The van der Waals surface area contributed by atoms with Crippen LogP contribution in [-0.2, 0) is 0 Å². The Labute approximate surface area is 119 Å². The number of rotatable bonds is 2. The Balaban J connectivity index is 2.25. The zero-order valence-electron chi connectivity index (χ0n) is 11.6. The molecule has 5 heteroatoms. The first-order chi connectivity index (χ1) is 9.04. The molecular formula is C14H20ClN3O. The summed E-state index contributed by atoms with van der Waals surface area (Å²) in [5.74, 6) is 0.620. The van der Waals surface area contributed by atoms with Crippen LogP contribution < -0.4 is 5.32 Å². The maximum atomic E-state index is 12.6. The van der Waals surface area contributed by atoms with Gasteiger partial charge in [0.15, 0.2) is 0 Å². The third-order valence-corrected chi connectivity index (χ3v) is 4.04. The second-order valence-corrected chi connectivity index (χ2v) is 5.55. The molecule has 1 fully saturated rings. The van der Waals surface area contributed by atoms with E-state index in [1.165, 1.54) is 6.42 Å². The molecule has 2 atom stereocenters. The number of anilines is 1. The van der Waals surface area contributed by atoms with Crippen molar-refractivity contribution >= 4 is 23.3 Å². The van der Waals surface area contributed by atoms with Gasteiger partial charge in [0.1, 0.15) is 5.82 Å². The van der Waals surface area contributed by atoms with Gasteiger partial charge in [0, 0.05) is 25.3 Å². The Bertz CT molecular complexity index is 468. The molecule has 2 heterocycles. The minimum absolute atomic E-state index is 0.0248. The average Bonchev–Trinajstić information content (AvgIpc) is 2.38. The van der Waals surface area contributed by atoms with Crippen molar-refractivity contribution < 1.29 is 4.79 Å². The first-order valence-corrected chi connectivity index (χ1v) is 7.08. The van der Waals surface area contributed by atoms with Crippen LogP contribution >= 0.6 is 11.6 Å². The van der Waals surface area contributed by atoms with Crippen molar-refractivity contribution in [2.24, 2.45) is 0 Å². The molecule has 19 heavy (non-hydrogen) atoms. The van der Waals surface area contributed by atoms with Gasteiger partial charge in [-0.05, 0) is 39.2 Å². The molecule has 0 radical (unpaired) electrons. The van der Waals surface area contributed by atoms with Gasteiger partial charge in [-0.2, -0.15) is 0 Å². The molecule has 1 N–H and O–H groups in total. The number of aromatic nitrogens is 1. The van der Waals surface area contributed by atoms with Crippen molar-refractivity contribution in [2.45, 2.75) is 45.2 Å². The summed E-state index contributed by atoms with van der Waals surface area (Å²) in [6.07, 6.45) is 4.90. The van der Waals surface area contributed by atoms with Crippen LogP contribution in [0.25, 0.3) is 0 Å². The summed E-state index contributed by atoms with van der Waals surface area (Å²) >= 11 is 6.09. The number of carbonyl (C=O) groups excluding carboxylic acids is 1. The van der Waals surface area contributed by atoms with Crippen LogP contribution in [0.5, 0.6) is 0 Å². The number of hydrogen-bond donors (Lipinski definition) is 1. The molecule has 2 rings (SSSR count). The second kappa shape index (κ2) is 5.78. The van der Waals surface area contributed by atoms with Crippen LogP contribution in [0.3, 0.4) is 0 Å². The molecule has 1 amide bonds. The van der Waals surface area contributed by atoms with Crippen LogP contribution in [-0.4, -0.2) is 34.9 Å². The Kier molecular flexibility index (Phi) is 4.30. The molecule has 1 aromatic rings. The molecule has 0 aromatic carbocycles. The predicted molar refractivity (Wildman–Crippen MR) is 77.7 cm³/mol. The van der Waals surface area contributed by atoms with Gasteiger partial charge in [-0.1, -0.05) is 11.6 Å². The van der Waals surface area contributed by atoms with Gasteiger partial charge >= 0.3 is 0 Å². The molecule has 4 nitrogen and oxygen atoms in total. The number of nitrogens with one attached hydrogen (secondary N) is 1. The average molecular weight is 282 g/mol. The Hall–Kier alpha value is -1.29. The largest absolute Gasteiger partial charge is 0.372 e. The Morgan fingerprint density at radius 3 is 2.58 bits per heavy atom. The van der Waals surface area contributed by atoms with Crippen molar-refractivity contribution in [3.63, 3.8) is 0 Å². The van der Waals surface area contributed by atoms with Crippen molar-refractivity contribution in [3.05, 3.63) is 22.8 Å². The number of halogens is 1. The number of piperidine rings is 1. The first kappa shape index (κ1) is 14.1. The van der Waals surface area contributed by atoms with E-state index < -0.39 is 0 Å². The van der Waals surface area contributed by atoms with Gasteiger partial charge in [-0.3, -0.25) is 4.79 Å². The lowest BCUT2D eigenvalue weighted by Crippen LogP contribution is -2.47. The third-order valence-electron chi connectivity index (χ3n) is 3.75. The van der Waals surface area contributed by atoms with Crippen molar-refractivity contribution in [1.82, 2.24) is 9.88 Å². The zero-order valence-corrected chi connectivity index (χ0v) is 12.4. The highest BCUT2D eigenvalue weighted by Gasteiger charge is 2.29. The van der Waals surface area contributed by atoms with E-state index in [-0.39, 0.29) is 18.0 Å². The fourth-order valence-corrected chi connectivity index (χ4v) is 2.97. The van der Waals surface area contributed by atoms with E-state index in [0.717, 1.165) is 12.8 Å². The number of nitrogens with zero attached hydrogens (tertiary/aromatic N) is 2. The highest BCUT2D eigenvalue weighted by Crippen LogP contribution is 2.26. The van der Waals surface area contributed by atoms with Gasteiger partial charge < -0.3 is 10.2 Å². The number of pyridine rings is 1. The molecule has 0 unspecified atom stereocenters. The number of likely N-dealkylation sites (tertiary alicyclic amines) is 1. The van der Waals surface area contributed by atoms with E-state index in [0.29, 0.717) is 16.4 Å². The summed E-state index contributed by atoms with van der Waals surface area (Å²) in [6.45, 7) is 4.20.